The molecule has 20 heavy (non-hydrogen) atoms. The molecule has 0 atom stereocenters. The Balaban J connectivity index is 2.04. The monoisotopic (exact) mass is 279 g/mol. The zero-order valence-corrected chi connectivity index (χ0v) is 11.6. The first-order chi connectivity index (χ1) is 9.58. The highest BCUT2D eigenvalue weighted by atomic mass is 16.5. The van der Waals surface area contributed by atoms with Crippen molar-refractivity contribution in [1.29, 1.82) is 0 Å². The lowest BCUT2D eigenvalue weighted by Gasteiger charge is -2.36. The molecular weight excluding hydrogens is 258 g/mol. The SMILES string of the molecule is COc1ccc(/C(N)=N/O)cc1CNCC1(O)CCC1. The summed E-state index contributed by atoms with van der Waals surface area (Å²) in [7, 11) is 1.60. The first-order valence-corrected chi connectivity index (χ1v) is 6.66. The molecule has 0 radical (unpaired) electrons. The van der Waals surface area contributed by atoms with Crippen LogP contribution in [0.4, 0.5) is 0 Å². The van der Waals surface area contributed by atoms with Crippen LogP contribution in [0.25, 0.3) is 0 Å². The van der Waals surface area contributed by atoms with Crippen LogP contribution in [0.1, 0.15) is 30.4 Å². The Bertz CT molecular complexity index is 498. The summed E-state index contributed by atoms with van der Waals surface area (Å²) in [6, 6.07) is 5.32. The third kappa shape index (κ3) is 3.20. The van der Waals surface area contributed by atoms with Crippen LogP contribution in [0, 0.1) is 0 Å². The van der Waals surface area contributed by atoms with E-state index in [9.17, 15) is 5.11 Å². The van der Waals surface area contributed by atoms with Crippen molar-refractivity contribution < 1.29 is 15.1 Å². The molecule has 1 aliphatic carbocycles. The third-order valence-electron chi connectivity index (χ3n) is 3.74. The van der Waals surface area contributed by atoms with Gasteiger partial charge >= 0.3 is 0 Å². The van der Waals surface area contributed by atoms with Gasteiger partial charge in [0.2, 0.25) is 0 Å². The summed E-state index contributed by atoms with van der Waals surface area (Å²) in [5, 5.41) is 25.0. The fourth-order valence-corrected chi connectivity index (χ4v) is 2.33. The average molecular weight is 279 g/mol. The summed E-state index contributed by atoms with van der Waals surface area (Å²) in [6.07, 6.45) is 2.78. The highest BCUT2D eigenvalue weighted by molar-refractivity contribution is 5.97. The molecule has 1 aromatic rings. The van der Waals surface area contributed by atoms with E-state index in [1.54, 1.807) is 19.2 Å². The number of hydrogen-bond acceptors (Lipinski definition) is 5. The molecule has 6 heteroatoms. The summed E-state index contributed by atoms with van der Waals surface area (Å²) in [4.78, 5) is 0. The molecule has 1 aliphatic rings. The van der Waals surface area contributed by atoms with Crippen molar-refractivity contribution in [1.82, 2.24) is 5.32 Å². The van der Waals surface area contributed by atoms with Crippen LogP contribution in [0.2, 0.25) is 0 Å². The van der Waals surface area contributed by atoms with E-state index in [2.05, 4.69) is 10.5 Å². The molecular formula is C14H21N3O3. The van der Waals surface area contributed by atoms with Gasteiger partial charge in [0.15, 0.2) is 5.84 Å². The van der Waals surface area contributed by atoms with Gasteiger partial charge < -0.3 is 26.1 Å². The fraction of sp³-hybridized carbons (Fsp3) is 0.500. The second-order valence-corrected chi connectivity index (χ2v) is 5.19. The molecule has 0 amide bonds. The molecule has 0 unspecified atom stereocenters. The Morgan fingerprint density at radius 1 is 1.50 bits per heavy atom. The molecule has 1 aromatic carbocycles. The summed E-state index contributed by atoms with van der Waals surface area (Å²) in [5.74, 6) is 0.791. The van der Waals surface area contributed by atoms with Gasteiger partial charge in [0.25, 0.3) is 0 Å². The Morgan fingerprint density at radius 2 is 2.25 bits per heavy atom. The maximum absolute atomic E-state index is 10.0. The number of rotatable bonds is 6. The lowest BCUT2D eigenvalue weighted by Crippen LogP contribution is -2.46. The largest absolute Gasteiger partial charge is 0.496 e. The van der Waals surface area contributed by atoms with Gasteiger partial charge in [-0.2, -0.15) is 0 Å². The molecule has 0 saturated heterocycles. The maximum Gasteiger partial charge on any atom is 0.170 e. The molecule has 110 valence electrons. The van der Waals surface area contributed by atoms with Crippen LogP contribution < -0.4 is 15.8 Å². The highest BCUT2D eigenvalue weighted by Gasteiger charge is 2.33. The molecule has 2 rings (SSSR count). The number of benzene rings is 1. The Hall–Kier alpha value is -1.79. The van der Waals surface area contributed by atoms with E-state index in [0.717, 1.165) is 30.6 Å². The molecule has 1 fully saturated rings. The van der Waals surface area contributed by atoms with Gasteiger partial charge in [-0.1, -0.05) is 5.16 Å². The minimum Gasteiger partial charge on any atom is -0.496 e. The maximum atomic E-state index is 10.0. The molecule has 0 aliphatic heterocycles. The number of nitrogens with zero attached hydrogens (tertiary/aromatic N) is 1. The van der Waals surface area contributed by atoms with Crippen molar-refractivity contribution in [2.75, 3.05) is 13.7 Å². The minimum absolute atomic E-state index is 0.0616. The smallest absolute Gasteiger partial charge is 0.170 e. The van der Waals surface area contributed by atoms with E-state index in [1.807, 2.05) is 6.07 Å². The van der Waals surface area contributed by atoms with Crippen LogP contribution in [0.5, 0.6) is 5.75 Å². The van der Waals surface area contributed by atoms with Crippen LogP contribution in [0.3, 0.4) is 0 Å². The standard InChI is InChI=1S/C14H21N3O3/c1-20-12-4-3-10(13(15)17-19)7-11(12)8-16-9-14(18)5-2-6-14/h3-4,7,16,18-19H,2,5-6,8-9H2,1H3,(H2,15,17). The van der Waals surface area contributed by atoms with E-state index in [-0.39, 0.29) is 5.84 Å². The van der Waals surface area contributed by atoms with E-state index in [1.165, 1.54) is 0 Å². The summed E-state index contributed by atoms with van der Waals surface area (Å²) < 4.78 is 5.29. The number of oxime groups is 1. The topological polar surface area (TPSA) is 100 Å². The van der Waals surface area contributed by atoms with E-state index in [0.29, 0.717) is 18.7 Å². The van der Waals surface area contributed by atoms with Crippen LogP contribution in [-0.2, 0) is 6.54 Å². The normalized spacial score (nSPS) is 17.6. The van der Waals surface area contributed by atoms with Gasteiger partial charge in [0, 0.05) is 24.2 Å². The van der Waals surface area contributed by atoms with E-state index in [4.69, 9.17) is 15.7 Å². The van der Waals surface area contributed by atoms with E-state index >= 15 is 0 Å². The number of hydrogen-bond donors (Lipinski definition) is 4. The fourth-order valence-electron chi connectivity index (χ4n) is 2.33. The van der Waals surface area contributed by atoms with Crippen molar-refractivity contribution in [2.24, 2.45) is 10.9 Å². The molecule has 1 saturated carbocycles. The van der Waals surface area contributed by atoms with Crippen molar-refractivity contribution in [3.63, 3.8) is 0 Å². The number of nitrogens with one attached hydrogen (secondary N) is 1. The zero-order valence-electron chi connectivity index (χ0n) is 11.6. The Kier molecular flexibility index (Phi) is 4.46. The number of methoxy groups -OCH3 is 1. The molecule has 0 bridgehead atoms. The molecule has 5 N–H and O–H groups in total. The van der Waals surface area contributed by atoms with Crippen molar-refractivity contribution >= 4 is 5.84 Å². The van der Waals surface area contributed by atoms with Crippen LogP contribution in [0.15, 0.2) is 23.4 Å². The summed E-state index contributed by atoms with van der Waals surface area (Å²) in [5.41, 5.74) is 6.56. The average Bonchev–Trinajstić information content (AvgIpc) is 2.44. The number of amidine groups is 1. The van der Waals surface area contributed by atoms with Gasteiger partial charge in [-0.3, -0.25) is 0 Å². The van der Waals surface area contributed by atoms with Gasteiger partial charge in [-0.25, -0.2) is 0 Å². The van der Waals surface area contributed by atoms with Crippen LogP contribution in [-0.4, -0.2) is 35.4 Å². The number of nitrogens with two attached hydrogens (primary N) is 1. The van der Waals surface area contributed by atoms with Gasteiger partial charge in [-0.05, 0) is 37.5 Å². The second-order valence-electron chi connectivity index (χ2n) is 5.19. The molecule has 0 aromatic heterocycles. The quantitative estimate of drug-likeness (QED) is 0.267. The molecule has 0 heterocycles. The summed E-state index contributed by atoms with van der Waals surface area (Å²) >= 11 is 0. The van der Waals surface area contributed by atoms with Gasteiger partial charge in [0.1, 0.15) is 5.75 Å². The first kappa shape index (κ1) is 14.6. The van der Waals surface area contributed by atoms with Gasteiger partial charge in [0.05, 0.1) is 12.7 Å². The Labute approximate surface area is 118 Å². The lowest BCUT2D eigenvalue weighted by atomic mass is 9.80. The third-order valence-corrected chi connectivity index (χ3v) is 3.74. The van der Waals surface area contributed by atoms with Crippen molar-refractivity contribution in [3.05, 3.63) is 29.3 Å². The van der Waals surface area contributed by atoms with Crippen molar-refractivity contribution in [2.45, 2.75) is 31.4 Å². The van der Waals surface area contributed by atoms with Gasteiger partial charge in [-0.15, -0.1) is 0 Å². The highest BCUT2D eigenvalue weighted by Crippen LogP contribution is 2.30. The lowest BCUT2D eigenvalue weighted by molar-refractivity contribution is -0.0315. The summed E-state index contributed by atoms with van der Waals surface area (Å²) in [6.45, 7) is 1.11. The van der Waals surface area contributed by atoms with Crippen molar-refractivity contribution in [3.8, 4) is 5.75 Å². The first-order valence-electron chi connectivity index (χ1n) is 6.66. The molecule has 6 nitrogen and oxygen atoms in total. The minimum atomic E-state index is -0.559. The predicted molar refractivity (Wildman–Crippen MR) is 76.0 cm³/mol. The zero-order chi connectivity index (χ0) is 14.6. The van der Waals surface area contributed by atoms with Crippen LogP contribution >= 0.6 is 0 Å². The number of ether oxygens (including phenoxy) is 1. The Morgan fingerprint density at radius 3 is 2.80 bits per heavy atom. The predicted octanol–water partition coefficient (Wildman–Crippen LogP) is 0.794. The number of aliphatic hydroxyl groups is 1. The molecule has 0 spiro atoms. The van der Waals surface area contributed by atoms with E-state index < -0.39 is 5.60 Å². The second kappa shape index (κ2) is 6.11.